The van der Waals surface area contributed by atoms with Gasteiger partial charge in [0.1, 0.15) is 18.5 Å². The second kappa shape index (κ2) is 2.86. The van der Waals surface area contributed by atoms with E-state index in [0.29, 0.717) is 0 Å². The summed E-state index contributed by atoms with van der Waals surface area (Å²) in [6.45, 7) is 5.03. The number of aryl methyl sites for hydroxylation is 1. The molecule has 0 N–H and O–H groups in total. The first-order chi connectivity index (χ1) is 4.84. The van der Waals surface area contributed by atoms with Crippen LogP contribution in [0.2, 0.25) is 0 Å². The van der Waals surface area contributed by atoms with Gasteiger partial charge in [-0.1, -0.05) is 0 Å². The van der Waals surface area contributed by atoms with Crippen LogP contribution in [0.1, 0.15) is 5.82 Å². The zero-order chi connectivity index (χ0) is 7.40. The van der Waals surface area contributed by atoms with E-state index in [1.54, 1.807) is 6.92 Å². The molecule has 0 amide bonds. The zero-order valence-corrected chi connectivity index (χ0v) is 5.60. The third-order valence-corrected chi connectivity index (χ3v) is 0.938. The lowest BCUT2D eigenvalue weighted by molar-refractivity contribution is 0.712. The summed E-state index contributed by atoms with van der Waals surface area (Å²) in [4.78, 5) is 8.64. The van der Waals surface area contributed by atoms with Crippen LogP contribution in [0.4, 0.5) is 0 Å². The molecule has 0 fully saturated rings. The summed E-state index contributed by atoms with van der Waals surface area (Å²) < 4.78 is 0. The molecular formula is C5H7N5. The first kappa shape index (κ1) is 6.60. The monoisotopic (exact) mass is 137 g/mol. The van der Waals surface area contributed by atoms with Gasteiger partial charge >= 0.3 is 0 Å². The predicted octanol–water partition coefficient (Wildman–Crippen LogP) is 0.0785. The van der Waals surface area contributed by atoms with Gasteiger partial charge in [0, 0.05) is 0 Å². The van der Waals surface area contributed by atoms with E-state index in [1.165, 1.54) is 17.5 Å². The first-order valence-corrected chi connectivity index (χ1v) is 2.70. The van der Waals surface area contributed by atoms with Crippen molar-refractivity contribution in [3.05, 3.63) is 12.2 Å². The summed E-state index contributed by atoms with van der Waals surface area (Å²) in [7, 11) is 0. The van der Waals surface area contributed by atoms with Crippen LogP contribution < -0.4 is 0 Å². The maximum absolute atomic E-state index is 3.85. The molecule has 1 rings (SSSR count). The van der Waals surface area contributed by atoms with Crippen LogP contribution in [0, 0.1) is 6.92 Å². The SMILES string of the molecule is C=N/C=N\n1ncnc1C. The Balaban J connectivity index is 2.83. The van der Waals surface area contributed by atoms with Gasteiger partial charge in [0.2, 0.25) is 0 Å². The van der Waals surface area contributed by atoms with Crippen molar-refractivity contribution in [1.29, 1.82) is 0 Å². The van der Waals surface area contributed by atoms with Crippen LogP contribution in [0.25, 0.3) is 0 Å². The second-order valence-electron chi connectivity index (χ2n) is 1.61. The molecule has 0 saturated heterocycles. The van der Waals surface area contributed by atoms with Crippen LogP contribution in [0.3, 0.4) is 0 Å². The van der Waals surface area contributed by atoms with Crippen molar-refractivity contribution in [2.45, 2.75) is 6.92 Å². The summed E-state index contributed by atoms with van der Waals surface area (Å²) in [5.41, 5.74) is 0. The van der Waals surface area contributed by atoms with Gasteiger partial charge in [-0.15, -0.1) is 15.0 Å². The van der Waals surface area contributed by atoms with E-state index in [-0.39, 0.29) is 0 Å². The van der Waals surface area contributed by atoms with Crippen molar-refractivity contribution in [1.82, 2.24) is 14.9 Å². The number of hydrogen-bond donors (Lipinski definition) is 0. The topological polar surface area (TPSA) is 55.4 Å². The van der Waals surface area contributed by atoms with E-state index >= 15 is 0 Å². The van der Waals surface area contributed by atoms with Crippen LogP contribution in [0.5, 0.6) is 0 Å². The highest BCUT2D eigenvalue weighted by molar-refractivity contribution is 5.61. The van der Waals surface area contributed by atoms with E-state index < -0.39 is 0 Å². The molecule has 1 aromatic heterocycles. The lowest BCUT2D eigenvalue weighted by Crippen LogP contribution is -1.93. The normalized spacial score (nSPS) is 10.5. The second-order valence-corrected chi connectivity index (χ2v) is 1.61. The first-order valence-electron chi connectivity index (χ1n) is 2.70. The van der Waals surface area contributed by atoms with Crippen molar-refractivity contribution in [2.75, 3.05) is 0 Å². The average Bonchev–Trinajstić information content (AvgIpc) is 2.31. The Morgan fingerprint density at radius 3 is 3.10 bits per heavy atom. The Bertz CT molecular complexity index is 248. The fourth-order valence-corrected chi connectivity index (χ4v) is 0.492. The van der Waals surface area contributed by atoms with E-state index in [4.69, 9.17) is 0 Å². The maximum atomic E-state index is 3.85. The fraction of sp³-hybridized carbons (Fsp3) is 0.200. The summed E-state index contributed by atoms with van der Waals surface area (Å²) in [6.07, 6.45) is 2.73. The quantitative estimate of drug-likeness (QED) is 0.428. The Labute approximate surface area is 58.1 Å². The summed E-state index contributed by atoms with van der Waals surface area (Å²) in [5, 5.41) is 7.55. The van der Waals surface area contributed by atoms with E-state index in [2.05, 4.69) is 26.9 Å². The Morgan fingerprint density at radius 2 is 2.60 bits per heavy atom. The third kappa shape index (κ3) is 1.25. The molecule has 0 radical (unpaired) electrons. The molecule has 0 unspecified atom stereocenters. The fourth-order valence-electron chi connectivity index (χ4n) is 0.492. The molecule has 52 valence electrons. The molecule has 0 aromatic carbocycles. The average molecular weight is 137 g/mol. The van der Waals surface area contributed by atoms with Crippen LogP contribution in [-0.4, -0.2) is 27.9 Å². The Morgan fingerprint density at radius 1 is 1.80 bits per heavy atom. The predicted molar refractivity (Wildman–Crippen MR) is 38.2 cm³/mol. The van der Waals surface area contributed by atoms with Gasteiger partial charge in [-0.2, -0.15) is 0 Å². The molecule has 10 heavy (non-hydrogen) atoms. The highest BCUT2D eigenvalue weighted by Gasteiger charge is 1.91. The highest BCUT2D eigenvalue weighted by atomic mass is 15.5. The third-order valence-electron chi connectivity index (χ3n) is 0.938. The van der Waals surface area contributed by atoms with Crippen molar-refractivity contribution in [3.63, 3.8) is 0 Å². The number of aliphatic imine (C=N–C) groups is 1. The van der Waals surface area contributed by atoms with Crippen molar-refractivity contribution in [2.24, 2.45) is 10.1 Å². The standard InChI is InChI=1S/C5H7N5/c1-5-7-4-9-10(5)8-3-6-2/h3-4H,2H2,1H3/b8-3-. The summed E-state index contributed by atoms with van der Waals surface area (Å²) >= 11 is 0. The number of rotatable bonds is 2. The van der Waals surface area contributed by atoms with Gasteiger partial charge in [-0.3, -0.25) is 4.99 Å². The summed E-state index contributed by atoms with van der Waals surface area (Å²) in [6, 6.07) is 0. The lowest BCUT2D eigenvalue weighted by Gasteiger charge is -1.88. The molecular weight excluding hydrogens is 130 g/mol. The number of hydrogen-bond acceptors (Lipinski definition) is 3. The molecule has 5 nitrogen and oxygen atoms in total. The number of nitrogens with zero attached hydrogens (tertiary/aromatic N) is 5. The smallest absolute Gasteiger partial charge is 0.149 e. The largest absolute Gasteiger partial charge is 0.251 e. The lowest BCUT2D eigenvalue weighted by atomic mass is 10.7. The van der Waals surface area contributed by atoms with Crippen molar-refractivity contribution < 1.29 is 0 Å². The molecule has 0 atom stereocenters. The van der Waals surface area contributed by atoms with Crippen molar-refractivity contribution in [3.8, 4) is 0 Å². The van der Waals surface area contributed by atoms with E-state index in [9.17, 15) is 0 Å². The number of aromatic nitrogens is 3. The van der Waals surface area contributed by atoms with E-state index in [1.807, 2.05) is 0 Å². The molecule has 0 bridgehead atoms. The van der Waals surface area contributed by atoms with Gasteiger partial charge < -0.3 is 0 Å². The molecule has 5 heteroatoms. The molecule has 1 aromatic rings. The van der Waals surface area contributed by atoms with Crippen LogP contribution in [0.15, 0.2) is 16.4 Å². The maximum Gasteiger partial charge on any atom is 0.149 e. The minimum Gasteiger partial charge on any atom is -0.251 e. The molecule has 0 spiro atoms. The summed E-state index contributed by atoms with van der Waals surface area (Å²) in [5.74, 6) is 0.722. The molecule has 0 aliphatic heterocycles. The minimum absolute atomic E-state index is 0.722. The van der Waals surface area contributed by atoms with Crippen LogP contribution >= 0.6 is 0 Å². The van der Waals surface area contributed by atoms with Gasteiger partial charge in [0.25, 0.3) is 0 Å². The van der Waals surface area contributed by atoms with Gasteiger partial charge in [-0.25, -0.2) is 4.98 Å². The van der Waals surface area contributed by atoms with E-state index in [0.717, 1.165) is 5.82 Å². The molecule has 0 aliphatic carbocycles. The molecule has 1 heterocycles. The van der Waals surface area contributed by atoms with Crippen LogP contribution in [-0.2, 0) is 0 Å². The zero-order valence-electron chi connectivity index (χ0n) is 5.60. The molecule has 0 aliphatic rings. The van der Waals surface area contributed by atoms with Crippen molar-refractivity contribution >= 4 is 13.1 Å². The Kier molecular flexibility index (Phi) is 1.89. The highest BCUT2D eigenvalue weighted by Crippen LogP contribution is 1.87. The van der Waals surface area contributed by atoms with Gasteiger partial charge in [-0.05, 0) is 13.6 Å². The van der Waals surface area contributed by atoms with Gasteiger partial charge in [0.05, 0.1) is 0 Å². The Hall–Kier alpha value is -1.52. The van der Waals surface area contributed by atoms with Gasteiger partial charge in [0.15, 0.2) is 0 Å². The minimum atomic E-state index is 0.722. The molecule has 0 saturated carbocycles.